The number of aromatic nitrogens is 2. The zero-order valence-electron chi connectivity index (χ0n) is 17.3. The molecule has 0 bridgehead atoms. The lowest BCUT2D eigenvalue weighted by Gasteiger charge is -2.10. The van der Waals surface area contributed by atoms with E-state index in [4.69, 9.17) is 14.2 Å². The number of hydrogen-bond acceptors (Lipinski definition) is 5. The van der Waals surface area contributed by atoms with Gasteiger partial charge in [0, 0.05) is 32.5 Å². The number of methoxy groups -OCH3 is 3. The number of rotatable bonds is 9. The van der Waals surface area contributed by atoms with Gasteiger partial charge in [0.1, 0.15) is 11.6 Å². The van der Waals surface area contributed by atoms with Crippen LogP contribution in [-0.4, -0.2) is 43.3 Å². The van der Waals surface area contributed by atoms with E-state index in [2.05, 4.69) is 10.3 Å². The minimum absolute atomic E-state index is 0.0141. The molecule has 0 aliphatic rings. The van der Waals surface area contributed by atoms with E-state index < -0.39 is 0 Å². The van der Waals surface area contributed by atoms with Crippen LogP contribution in [0.3, 0.4) is 0 Å². The first-order chi connectivity index (χ1) is 14.0. The molecule has 0 saturated heterocycles. The summed E-state index contributed by atoms with van der Waals surface area (Å²) < 4.78 is 17.8. The highest BCUT2D eigenvalue weighted by Gasteiger charge is 2.10. The highest BCUT2D eigenvalue weighted by Crippen LogP contribution is 2.28. The fraction of sp³-hybridized carbons (Fsp3) is 0.364. The van der Waals surface area contributed by atoms with E-state index in [-0.39, 0.29) is 5.91 Å². The predicted molar refractivity (Wildman–Crippen MR) is 112 cm³/mol. The van der Waals surface area contributed by atoms with Crippen molar-refractivity contribution in [1.29, 1.82) is 0 Å². The van der Waals surface area contributed by atoms with Crippen molar-refractivity contribution in [3.8, 4) is 17.2 Å². The fourth-order valence-corrected chi connectivity index (χ4v) is 3.28. The number of ether oxygens (including phenoxy) is 3. The van der Waals surface area contributed by atoms with Crippen molar-refractivity contribution in [3.63, 3.8) is 0 Å². The molecule has 0 atom stereocenters. The number of hydrogen-bond donors (Lipinski definition) is 1. The normalized spacial score (nSPS) is 10.8. The maximum absolute atomic E-state index is 12.2. The Morgan fingerprint density at radius 3 is 2.52 bits per heavy atom. The van der Waals surface area contributed by atoms with Crippen molar-refractivity contribution in [2.75, 3.05) is 27.9 Å². The van der Waals surface area contributed by atoms with Gasteiger partial charge in [-0.2, -0.15) is 0 Å². The second kappa shape index (κ2) is 9.32. The van der Waals surface area contributed by atoms with Crippen molar-refractivity contribution in [1.82, 2.24) is 14.9 Å². The van der Waals surface area contributed by atoms with E-state index in [0.717, 1.165) is 28.2 Å². The monoisotopic (exact) mass is 397 g/mol. The minimum Gasteiger partial charge on any atom is -0.497 e. The van der Waals surface area contributed by atoms with Crippen LogP contribution in [0.1, 0.15) is 17.8 Å². The molecule has 1 heterocycles. The first kappa shape index (κ1) is 20.5. The first-order valence-corrected chi connectivity index (χ1v) is 9.52. The van der Waals surface area contributed by atoms with Gasteiger partial charge in [-0.1, -0.05) is 6.07 Å². The van der Waals surface area contributed by atoms with Gasteiger partial charge in [0.25, 0.3) is 0 Å². The second-order valence-electron chi connectivity index (χ2n) is 6.73. The number of carbonyl (C=O) groups is 1. The Bertz CT molecular complexity index is 997. The molecule has 0 spiro atoms. The summed E-state index contributed by atoms with van der Waals surface area (Å²) in [4.78, 5) is 16.9. The van der Waals surface area contributed by atoms with Crippen molar-refractivity contribution >= 4 is 16.9 Å². The zero-order valence-corrected chi connectivity index (χ0v) is 17.3. The lowest BCUT2D eigenvalue weighted by atomic mass is 10.1. The van der Waals surface area contributed by atoms with E-state index in [1.165, 1.54) is 0 Å². The van der Waals surface area contributed by atoms with E-state index in [1.807, 2.05) is 48.0 Å². The fourth-order valence-electron chi connectivity index (χ4n) is 3.28. The molecule has 7 heteroatoms. The molecular formula is C22H27N3O4. The molecule has 0 fully saturated rings. The summed E-state index contributed by atoms with van der Waals surface area (Å²) in [5.74, 6) is 3.07. The van der Waals surface area contributed by atoms with Gasteiger partial charge < -0.3 is 24.1 Å². The Hall–Kier alpha value is -3.22. The maximum Gasteiger partial charge on any atom is 0.220 e. The second-order valence-corrected chi connectivity index (χ2v) is 6.73. The average Bonchev–Trinajstić information content (AvgIpc) is 3.06. The summed E-state index contributed by atoms with van der Waals surface area (Å²) in [6.45, 7) is 0.541. The third-order valence-corrected chi connectivity index (χ3v) is 4.94. The molecule has 1 amide bonds. The van der Waals surface area contributed by atoms with Crippen LogP contribution in [0.5, 0.6) is 17.2 Å². The molecule has 0 radical (unpaired) electrons. The third kappa shape index (κ3) is 4.80. The Balaban J connectivity index is 1.51. The molecule has 2 aromatic carbocycles. The lowest BCUT2D eigenvalue weighted by molar-refractivity contribution is -0.121. The third-order valence-electron chi connectivity index (χ3n) is 4.94. The van der Waals surface area contributed by atoms with E-state index in [9.17, 15) is 4.79 Å². The number of aryl methyl sites for hydroxylation is 2. The molecule has 0 aliphatic carbocycles. The van der Waals surface area contributed by atoms with Gasteiger partial charge in [0.2, 0.25) is 5.91 Å². The molecule has 3 aromatic rings. The number of imidazole rings is 1. The number of benzene rings is 2. The van der Waals surface area contributed by atoms with Crippen LogP contribution in [0.25, 0.3) is 11.0 Å². The smallest absolute Gasteiger partial charge is 0.220 e. The van der Waals surface area contributed by atoms with Gasteiger partial charge in [0.05, 0.1) is 32.4 Å². The number of amides is 1. The number of carbonyl (C=O) groups excluding carboxylic acids is 1. The van der Waals surface area contributed by atoms with Crippen LogP contribution in [0.15, 0.2) is 36.4 Å². The molecule has 0 saturated carbocycles. The summed E-state index contributed by atoms with van der Waals surface area (Å²) in [5, 5.41) is 2.97. The van der Waals surface area contributed by atoms with Crippen LogP contribution in [0.4, 0.5) is 0 Å². The van der Waals surface area contributed by atoms with Gasteiger partial charge >= 0.3 is 0 Å². The van der Waals surface area contributed by atoms with E-state index in [0.29, 0.717) is 37.3 Å². The van der Waals surface area contributed by atoms with Crippen LogP contribution in [0, 0.1) is 0 Å². The quantitative estimate of drug-likeness (QED) is 0.601. The molecule has 29 heavy (non-hydrogen) atoms. The topological polar surface area (TPSA) is 74.6 Å². The summed E-state index contributed by atoms with van der Waals surface area (Å²) in [7, 11) is 6.83. The average molecular weight is 397 g/mol. The highest BCUT2D eigenvalue weighted by atomic mass is 16.5. The van der Waals surface area contributed by atoms with E-state index >= 15 is 0 Å². The maximum atomic E-state index is 12.2. The lowest BCUT2D eigenvalue weighted by Crippen LogP contribution is -2.26. The summed E-state index contributed by atoms with van der Waals surface area (Å²) in [5.41, 5.74) is 2.96. The molecular weight excluding hydrogens is 370 g/mol. The molecule has 3 rings (SSSR count). The Labute approximate surface area is 170 Å². The van der Waals surface area contributed by atoms with Gasteiger partial charge in [-0.15, -0.1) is 0 Å². The molecule has 0 unspecified atom stereocenters. The van der Waals surface area contributed by atoms with E-state index in [1.54, 1.807) is 21.3 Å². The Morgan fingerprint density at radius 2 is 1.79 bits per heavy atom. The minimum atomic E-state index is 0.0141. The van der Waals surface area contributed by atoms with Gasteiger partial charge in [-0.25, -0.2) is 4.98 Å². The van der Waals surface area contributed by atoms with Crippen LogP contribution < -0.4 is 19.5 Å². The van der Waals surface area contributed by atoms with Crippen LogP contribution in [0.2, 0.25) is 0 Å². The first-order valence-electron chi connectivity index (χ1n) is 9.52. The Morgan fingerprint density at radius 1 is 1.00 bits per heavy atom. The standard InChI is InChI=1S/C22H27N3O4/c1-25-18-8-7-16(27-2)14-17(18)24-21(25)11-12-23-22(26)10-6-15-5-9-19(28-3)20(13-15)29-4/h5,7-9,13-14H,6,10-12H2,1-4H3,(H,23,26). The van der Waals surface area contributed by atoms with Crippen molar-refractivity contribution in [3.05, 3.63) is 47.8 Å². The summed E-state index contributed by atoms with van der Waals surface area (Å²) in [6.07, 6.45) is 1.71. The van der Waals surface area contributed by atoms with Crippen LogP contribution >= 0.6 is 0 Å². The molecule has 7 nitrogen and oxygen atoms in total. The predicted octanol–water partition coefficient (Wildman–Crippen LogP) is 2.89. The largest absolute Gasteiger partial charge is 0.497 e. The number of nitrogens with zero attached hydrogens (tertiary/aromatic N) is 2. The Kier molecular flexibility index (Phi) is 6.59. The van der Waals surface area contributed by atoms with Crippen molar-refractivity contribution in [2.45, 2.75) is 19.3 Å². The molecule has 154 valence electrons. The van der Waals surface area contributed by atoms with Gasteiger partial charge in [-0.05, 0) is 36.2 Å². The number of nitrogens with one attached hydrogen (secondary N) is 1. The van der Waals surface area contributed by atoms with Crippen LogP contribution in [-0.2, 0) is 24.7 Å². The highest BCUT2D eigenvalue weighted by molar-refractivity contribution is 5.78. The molecule has 1 aromatic heterocycles. The molecule has 0 aliphatic heterocycles. The van der Waals surface area contributed by atoms with Gasteiger partial charge in [0.15, 0.2) is 11.5 Å². The summed E-state index contributed by atoms with van der Waals surface area (Å²) in [6, 6.07) is 11.5. The van der Waals surface area contributed by atoms with Gasteiger partial charge in [-0.3, -0.25) is 4.79 Å². The zero-order chi connectivity index (χ0) is 20.8. The number of fused-ring (bicyclic) bond motifs is 1. The molecule has 1 N–H and O–H groups in total. The van der Waals surface area contributed by atoms with Crippen molar-refractivity contribution in [2.24, 2.45) is 7.05 Å². The van der Waals surface area contributed by atoms with Crippen molar-refractivity contribution < 1.29 is 19.0 Å². The SMILES string of the molecule is COc1ccc2c(c1)nc(CCNC(=O)CCc1ccc(OC)c(OC)c1)n2C. The summed E-state index contributed by atoms with van der Waals surface area (Å²) >= 11 is 0.